The zero-order chi connectivity index (χ0) is 15.0. The smallest absolute Gasteiger partial charge is 0.305 e. The summed E-state index contributed by atoms with van der Waals surface area (Å²) in [4.78, 5) is 21.9. The topological polar surface area (TPSA) is 84.9 Å². The number of benzene rings is 1. The molecule has 0 saturated carbocycles. The number of hydrogen-bond acceptors (Lipinski definition) is 4. The van der Waals surface area contributed by atoms with Gasteiger partial charge in [-0.1, -0.05) is 0 Å². The lowest BCUT2D eigenvalue weighted by atomic mass is 10.1. The molecule has 0 bridgehead atoms. The van der Waals surface area contributed by atoms with Crippen molar-refractivity contribution in [3.8, 4) is 11.5 Å². The van der Waals surface area contributed by atoms with E-state index >= 15 is 0 Å². The number of carboxylic acids is 1. The highest BCUT2D eigenvalue weighted by Crippen LogP contribution is 2.24. The standard InChI is InChI=1S/C14H19NO5/c1-19-11-4-5-12(20-2)10(9-11)3-6-13(16)15-8-7-14(17)18/h4-5,9H,3,6-8H2,1-2H3,(H,15,16)(H,17,18). The maximum atomic E-state index is 11.6. The van der Waals surface area contributed by atoms with Crippen LogP contribution >= 0.6 is 0 Å². The lowest BCUT2D eigenvalue weighted by molar-refractivity contribution is -0.136. The van der Waals surface area contributed by atoms with E-state index in [0.29, 0.717) is 17.9 Å². The van der Waals surface area contributed by atoms with Crippen LogP contribution in [0.25, 0.3) is 0 Å². The zero-order valence-corrected chi connectivity index (χ0v) is 11.6. The first-order chi connectivity index (χ1) is 9.56. The van der Waals surface area contributed by atoms with Crippen molar-refractivity contribution in [2.24, 2.45) is 0 Å². The van der Waals surface area contributed by atoms with E-state index in [-0.39, 0.29) is 25.3 Å². The number of methoxy groups -OCH3 is 2. The minimum Gasteiger partial charge on any atom is -0.497 e. The summed E-state index contributed by atoms with van der Waals surface area (Å²) in [6.45, 7) is 0.142. The van der Waals surface area contributed by atoms with Crippen molar-refractivity contribution in [1.29, 1.82) is 0 Å². The molecular weight excluding hydrogens is 262 g/mol. The van der Waals surface area contributed by atoms with Crippen LogP contribution in [0.15, 0.2) is 18.2 Å². The predicted octanol–water partition coefficient (Wildman–Crippen LogP) is 1.23. The first kappa shape index (κ1) is 15.8. The molecule has 0 aliphatic rings. The summed E-state index contributed by atoms with van der Waals surface area (Å²) >= 11 is 0. The lowest BCUT2D eigenvalue weighted by Gasteiger charge is -2.10. The Morgan fingerprint density at radius 2 is 1.95 bits per heavy atom. The van der Waals surface area contributed by atoms with Gasteiger partial charge in [-0.05, 0) is 30.2 Å². The van der Waals surface area contributed by atoms with E-state index in [4.69, 9.17) is 14.6 Å². The molecule has 1 aromatic rings. The Kier molecular flexibility index (Phi) is 6.36. The molecule has 2 N–H and O–H groups in total. The summed E-state index contributed by atoms with van der Waals surface area (Å²) in [6.07, 6.45) is 0.691. The maximum Gasteiger partial charge on any atom is 0.305 e. The normalized spacial score (nSPS) is 9.90. The number of amides is 1. The number of nitrogens with one attached hydrogen (secondary N) is 1. The Labute approximate surface area is 117 Å². The van der Waals surface area contributed by atoms with Gasteiger partial charge in [0.25, 0.3) is 0 Å². The summed E-state index contributed by atoms with van der Waals surface area (Å²) in [5, 5.41) is 11.0. The van der Waals surface area contributed by atoms with E-state index in [1.165, 1.54) is 0 Å². The average molecular weight is 281 g/mol. The van der Waals surface area contributed by atoms with Gasteiger partial charge in [0, 0.05) is 13.0 Å². The third kappa shape index (κ3) is 5.17. The monoisotopic (exact) mass is 281 g/mol. The van der Waals surface area contributed by atoms with E-state index in [0.717, 1.165) is 5.56 Å². The first-order valence-corrected chi connectivity index (χ1v) is 6.26. The average Bonchev–Trinajstić information content (AvgIpc) is 2.44. The van der Waals surface area contributed by atoms with Gasteiger partial charge in [0.1, 0.15) is 11.5 Å². The van der Waals surface area contributed by atoms with Gasteiger partial charge in [-0.15, -0.1) is 0 Å². The molecule has 0 spiro atoms. The Bertz CT molecular complexity index is 473. The van der Waals surface area contributed by atoms with Crippen molar-refractivity contribution < 1.29 is 24.2 Å². The quantitative estimate of drug-likeness (QED) is 0.748. The van der Waals surface area contributed by atoms with Crippen LogP contribution in [0.1, 0.15) is 18.4 Å². The SMILES string of the molecule is COc1ccc(OC)c(CCC(=O)NCCC(=O)O)c1. The van der Waals surface area contributed by atoms with Gasteiger partial charge in [-0.3, -0.25) is 9.59 Å². The highest BCUT2D eigenvalue weighted by atomic mass is 16.5. The molecule has 0 saturated heterocycles. The van der Waals surface area contributed by atoms with Gasteiger partial charge < -0.3 is 19.9 Å². The fraction of sp³-hybridized carbons (Fsp3) is 0.429. The second-order valence-corrected chi connectivity index (χ2v) is 4.17. The van der Waals surface area contributed by atoms with E-state index in [1.807, 2.05) is 6.07 Å². The lowest BCUT2D eigenvalue weighted by Crippen LogP contribution is -2.26. The molecular formula is C14H19NO5. The Morgan fingerprint density at radius 3 is 2.55 bits per heavy atom. The molecule has 0 radical (unpaired) electrons. The van der Waals surface area contributed by atoms with Crippen molar-refractivity contribution >= 4 is 11.9 Å². The van der Waals surface area contributed by atoms with E-state index in [2.05, 4.69) is 5.32 Å². The predicted molar refractivity (Wildman–Crippen MR) is 73.1 cm³/mol. The minimum absolute atomic E-state index is 0.0752. The molecule has 1 aromatic carbocycles. The molecule has 1 amide bonds. The second kappa shape index (κ2) is 8.04. The van der Waals surface area contributed by atoms with Crippen molar-refractivity contribution in [1.82, 2.24) is 5.32 Å². The van der Waals surface area contributed by atoms with Crippen LogP contribution in [0.2, 0.25) is 0 Å². The molecule has 0 unspecified atom stereocenters. The van der Waals surface area contributed by atoms with Crippen molar-refractivity contribution in [2.45, 2.75) is 19.3 Å². The molecule has 0 aliphatic heterocycles. The van der Waals surface area contributed by atoms with Gasteiger partial charge in [-0.2, -0.15) is 0 Å². The highest BCUT2D eigenvalue weighted by molar-refractivity contribution is 5.77. The molecule has 0 aromatic heterocycles. The van der Waals surface area contributed by atoms with Gasteiger partial charge in [0.15, 0.2) is 0 Å². The Balaban J connectivity index is 2.51. The van der Waals surface area contributed by atoms with Gasteiger partial charge in [0.05, 0.1) is 20.6 Å². The minimum atomic E-state index is -0.931. The molecule has 6 heteroatoms. The van der Waals surface area contributed by atoms with Crippen LogP contribution in [-0.4, -0.2) is 37.7 Å². The zero-order valence-electron chi connectivity index (χ0n) is 11.6. The molecule has 110 valence electrons. The third-order valence-electron chi connectivity index (χ3n) is 2.77. The van der Waals surface area contributed by atoms with Crippen LogP contribution in [0.5, 0.6) is 11.5 Å². The van der Waals surface area contributed by atoms with Crippen LogP contribution < -0.4 is 14.8 Å². The second-order valence-electron chi connectivity index (χ2n) is 4.17. The molecule has 1 rings (SSSR count). The molecule has 20 heavy (non-hydrogen) atoms. The molecule has 0 aliphatic carbocycles. The summed E-state index contributed by atoms with van der Waals surface area (Å²) < 4.78 is 10.4. The van der Waals surface area contributed by atoms with Crippen LogP contribution in [-0.2, 0) is 16.0 Å². The Morgan fingerprint density at radius 1 is 1.20 bits per heavy atom. The van der Waals surface area contributed by atoms with Gasteiger partial charge >= 0.3 is 5.97 Å². The fourth-order valence-corrected chi connectivity index (χ4v) is 1.72. The molecule has 0 fully saturated rings. The number of hydrogen-bond donors (Lipinski definition) is 2. The van der Waals surface area contributed by atoms with Crippen LogP contribution in [0.4, 0.5) is 0 Å². The number of aryl methyl sites for hydroxylation is 1. The van der Waals surface area contributed by atoms with Crippen LogP contribution in [0, 0.1) is 0 Å². The number of ether oxygens (including phenoxy) is 2. The first-order valence-electron chi connectivity index (χ1n) is 6.26. The van der Waals surface area contributed by atoms with E-state index in [1.54, 1.807) is 26.4 Å². The maximum absolute atomic E-state index is 11.6. The van der Waals surface area contributed by atoms with Crippen molar-refractivity contribution in [3.63, 3.8) is 0 Å². The van der Waals surface area contributed by atoms with E-state index in [9.17, 15) is 9.59 Å². The number of carbonyl (C=O) groups excluding carboxylic acids is 1. The van der Waals surface area contributed by atoms with Crippen molar-refractivity contribution in [2.75, 3.05) is 20.8 Å². The van der Waals surface area contributed by atoms with Crippen molar-refractivity contribution in [3.05, 3.63) is 23.8 Å². The summed E-state index contributed by atoms with van der Waals surface area (Å²) in [6, 6.07) is 5.40. The number of rotatable bonds is 8. The largest absolute Gasteiger partial charge is 0.497 e. The third-order valence-corrected chi connectivity index (χ3v) is 2.77. The summed E-state index contributed by atoms with van der Waals surface area (Å²) in [7, 11) is 3.14. The molecule has 0 heterocycles. The number of carboxylic acid groups (broad SMARTS) is 1. The number of aliphatic carboxylic acids is 1. The fourth-order valence-electron chi connectivity index (χ4n) is 1.72. The summed E-state index contributed by atoms with van der Waals surface area (Å²) in [5.74, 6) is 0.284. The van der Waals surface area contributed by atoms with Gasteiger partial charge in [-0.25, -0.2) is 0 Å². The van der Waals surface area contributed by atoms with Crippen LogP contribution in [0.3, 0.4) is 0 Å². The summed E-state index contributed by atoms with van der Waals surface area (Å²) in [5.41, 5.74) is 0.875. The number of carbonyl (C=O) groups is 2. The Hall–Kier alpha value is -2.24. The molecule has 0 atom stereocenters. The van der Waals surface area contributed by atoms with Gasteiger partial charge in [0.2, 0.25) is 5.91 Å². The van der Waals surface area contributed by atoms with E-state index < -0.39 is 5.97 Å². The highest BCUT2D eigenvalue weighted by Gasteiger charge is 2.08. The molecule has 6 nitrogen and oxygen atoms in total.